The number of methoxy groups -OCH3 is 2. The maximum Gasteiger partial charge on any atom is 0.258 e. The molecule has 0 saturated carbocycles. The first kappa shape index (κ1) is 20.8. The van der Waals surface area contributed by atoms with Crippen molar-refractivity contribution in [3.63, 3.8) is 0 Å². The van der Waals surface area contributed by atoms with E-state index in [4.69, 9.17) is 9.47 Å². The molecule has 31 heavy (non-hydrogen) atoms. The first-order chi connectivity index (χ1) is 15.0. The Morgan fingerprint density at radius 2 is 1.61 bits per heavy atom. The van der Waals surface area contributed by atoms with Crippen LogP contribution in [0, 0.1) is 0 Å². The van der Waals surface area contributed by atoms with Crippen LogP contribution in [0.2, 0.25) is 0 Å². The van der Waals surface area contributed by atoms with E-state index in [1.54, 1.807) is 32.4 Å². The summed E-state index contributed by atoms with van der Waals surface area (Å²) in [4.78, 5) is 17.8. The Bertz CT molecular complexity index is 1070. The van der Waals surface area contributed by atoms with Crippen LogP contribution in [0.4, 0.5) is 11.4 Å². The summed E-state index contributed by atoms with van der Waals surface area (Å²) in [7, 11) is 5.29. The molecule has 5 heteroatoms. The monoisotopic (exact) mass is 416 g/mol. The first-order valence-electron chi connectivity index (χ1n) is 10.5. The Morgan fingerprint density at radius 1 is 0.935 bits per heavy atom. The molecular weight excluding hydrogens is 388 g/mol. The van der Waals surface area contributed by atoms with Gasteiger partial charge in [-0.25, -0.2) is 0 Å². The topological polar surface area (TPSA) is 42.0 Å². The Balaban J connectivity index is 1.72. The summed E-state index contributed by atoms with van der Waals surface area (Å²) in [5.41, 5.74) is 3.85. The molecule has 0 unspecified atom stereocenters. The molecule has 0 aliphatic carbocycles. The van der Waals surface area contributed by atoms with Crippen LogP contribution in [-0.4, -0.2) is 33.2 Å². The van der Waals surface area contributed by atoms with Crippen molar-refractivity contribution in [2.24, 2.45) is 0 Å². The van der Waals surface area contributed by atoms with Crippen molar-refractivity contribution in [3.8, 4) is 11.5 Å². The van der Waals surface area contributed by atoms with Gasteiger partial charge in [0.05, 0.1) is 20.3 Å². The van der Waals surface area contributed by atoms with E-state index in [2.05, 4.69) is 49.2 Å². The van der Waals surface area contributed by atoms with Crippen LogP contribution in [0.3, 0.4) is 0 Å². The highest BCUT2D eigenvalue weighted by Gasteiger charge is 2.36. The molecule has 160 valence electrons. The van der Waals surface area contributed by atoms with Gasteiger partial charge in [-0.3, -0.25) is 4.79 Å². The molecule has 3 aromatic rings. The number of amides is 1. The van der Waals surface area contributed by atoms with Crippen molar-refractivity contribution in [2.45, 2.75) is 25.4 Å². The predicted molar refractivity (Wildman–Crippen MR) is 124 cm³/mol. The summed E-state index contributed by atoms with van der Waals surface area (Å²) in [5, 5.41) is 0. The standard InChI is InChI=1S/C26H28N2O3/c1-18-16-23(27(2)20-10-6-5-7-11-20)21-12-8-9-13-22(21)28(18)26(29)19-14-15-24(30-3)25(17-19)31-4/h5-15,17-18,23H,16H2,1-4H3/t18-,23+/m0/s1. The van der Waals surface area contributed by atoms with E-state index in [9.17, 15) is 4.79 Å². The Morgan fingerprint density at radius 3 is 2.32 bits per heavy atom. The molecule has 4 rings (SSSR count). The summed E-state index contributed by atoms with van der Waals surface area (Å²) < 4.78 is 10.7. The summed E-state index contributed by atoms with van der Waals surface area (Å²) in [6, 6.07) is 24.1. The normalized spacial score (nSPS) is 17.6. The third-order valence-corrected chi connectivity index (χ3v) is 6.04. The van der Waals surface area contributed by atoms with E-state index in [-0.39, 0.29) is 18.0 Å². The number of rotatable bonds is 5. The van der Waals surface area contributed by atoms with Gasteiger partial charge in [-0.2, -0.15) is 0 Å². The Hall–Kier alpha value is -3.47. The van der Waals surface area contributed by atoms with E-state index in [1.807, 2.05) is 29.2 Å². The minimum Gasteiger partial charge on any atom is -0.493 e. The van der Waals surface area contributed by atoms with Crippen molar-refractivity contribution >= 4 is 17.3 Å². The molecule has 0 aromatic heterocycles. The Labute approximate surface area is 183 Å². The zero-order valence-corrected chi connectivity index (χ0v) is 18.4. The third-order valence-electron chi connectivity index (χ3n) is 6.04. The fraction of sp³-hybridized carbons (Fsp3) is 0.269. The van der Waals surface area contributed by atoms with Gasteiger partial charge in [0.15, 0.2) is 11.5 Å². The van der Waals surface area contributed by atoms with Gasteiger partial charge in [-0.1, -0.05) is 36.4 Å². The molecule has 1 aliphatic heterocycles. The highest BCUT2D eigenvalue weighted by Crippen LogP contribution is 2.42. The number of carbonyl (C=O) groups is 1. The van der Waals surface area contributed by atoms with Gasteiger partial charge in [-0.05, 0) is 55.3 Å². The molecule has 0 fully saturated rings. The number of para-hydroxylation sites is 2. The highest BCUT2D eigenvalue weighted by atomic mass is 16.5. The number of carbonyl (C=O) groups excluding carboxylic acids is 1. The number of fused-ring (bicyclic) bond motifs is 1. The fourth-order valence-corrected chi connectivity index (χ4v) is 4.41. The molecule has 0 spiro atoms. The molecule has 3 aromatic carbocycles. The molecular formula is C26H28N2O3. The zero-order chi connectivity index (χ0) is 22.0. The van der Waals surface area contributed by atoms with Gasteiger partial charge < -0.3 is 19.3 Å². The second-order valence-electron chi connectivity index (χ2n) is 7.85. The highest BCUT2D eigenvalue weighted by molar-refractivity contribution is 6.07. The smallest absolute Gasteiger partial charge is 0.258 e. The zero-order valence-electron chi connectivity index (χ0n) is 18.4. The SMILES string of the molecule is COc1ccc(C(=O)N2c3ccccc3[C@H](N(C)c3ccccc3)C[C@@H]2C)cc1OC. The minimum absolute atomic E-state index is 0.0339. The number of hydrogen-bond acceptors (Lipinski definition) is 4. The van der Waals surface area contributed by atoms with Crippen molar-refractivity contribution in [1.82, 2.24) is 0 Å². The van der Waals surface area contributed by atoms with E-state index >= 15 is 0 Å². The van der Waals surface area contributed by atoms with Gasteiger partial charge in [0.1, 0.15) is 0 Å². The first-order valence-corrected chi connectivity index (χ1v) is 10.5. The molecule has 0 radical (unpaired) electrons. The summed E-state index contributed by atoms with van der Waals surface area (Å²) in [5.74, 6) is 1.12. The average Bonchev–Trinajstić information content (AvgIpc) is 2.82. The van der Waals surface area contributed by atoms with Crippen molar-refractivity contribution in [1.29, 1.82) is 0 Å². The van der Waals surface area contributed by atoms with E-state index in [0.29, 0.717) is 17.1 Å². The van der Waals surface area contributed by atoms with Crippen LogP contribution in [0.25, 0.3) is 0 Å². The molecule has 0 saturated heterocycles. The number of ether oxygens (including phenoxy) is 2. The maximum absolute atomic E-state index is 13.6. The molecule has 1 aliphatic rings. The minimum atomic E-state index is -0.0401. The number of nitrogens with zero attached hydrogens (tertiary/aromatic N) is 2. The third kappa shape index (κ3) is 3.83. The second-order valence-corrected chi connectivity index (χ2v) is 7.85. The lowest BCUT2D eigenvalue weighted by Crippen LogP contribution is -2.46. The number of hydrogen-bond donors (Lipinski definition) is 0. The van der Waals surface area contributed by atoms with E-state index < -0.39 is 0 Å². The number of anilines is 2. The van der Waals surface area contributed by atoms with Crippen molar-refractivity contribution in [3.05, 3.63) is 83.9 Å². The molecule has 0 bridgehead atoms. The van der Waals surface area contributed by atoms with Crippen LogP contribution in [0.15, 0.2) is 72.8 Å². The summed E-state index contributed by atoms with van der Waals surface area (Å²) in [6.45, 7) is 2.11. The van der Waals surface area contributed by atoms with Gasteiger partial charge in [0.25, 0.3) is 5.91 Å². The lowest BCUT2D eigenvalue weighted by atomic mass is 9.89. The molecule has 1 amide bonds. The summed E-state index contributed by atoms with van der Waals surface area (Å²) in [6.07, 6.45) is 0.835. The predicted octanol–water partition coefficient (Wildman–Crippen LogP) is 5.32. The summed E-state index contributed by atoms with van der Waals surface area (Å²) >= 11 is 0. The van der Waals surface area contributed by atoms with E-state index in [0.717, 1.165) is 23.4 Å². The fourth-order valence-electron chi connectivity index (χ4n) is 4.41. The van der Waals surface area contributed by atoms with Crippen LogP contribution in [0.5, 0.6) is 11.5 Å². The Kier molecular flexibility index (Phi) is 5.85. The maximum atomic E-state index is 13.6. The average molecular weight is 417 g/mol. The lowest BCUT2D eigenvalue weighted by molar-refractivity contribution is 0.0973. The van der Waals surface area contributed by atoms with Crippen LogP contribution in [0.1, 0.15) is 35.3 Å². The lowest BCUT2D eigenvalue weighted by Gasteiger charge is -2.43. The van der Waals surface area contributed by atoms with Gasteiger partial charge in [0, 0.05) is 30.0 Å². The van der Waals surface area contributed by atoms with E-state index in [1.165, 1.54) is 0 Å². The number of benzene rings is 3. The van der Waals surface area contributed by atoms with Crippen LogP contribution in [-0.2, 0) is 0 Å². The van der Waals surface area contributed by atoms with Crippen molar-refractivity contribution in [2.75, 3.05) is 31.1 Å². The molecule has 5 nitrogen and oxygen atoms in total. The molecule has 1 heterocycles. The quantitative estimate of drug-likeness (QED) is 0.564. The largest absolute Gasteiger partial charge is 0.493 e. The van der Waals surface area contributed by atoms with Crippen LogP contribution >= 0.6 is 0 Å². The van der Waals surface area contributed by atoms with Crippen molar-refractivity contribution < 1.29 is 14.3 Å². The van der Waals surface area contributed by atoms with Gasteiger partial charge >= 0.3 is 0 Å². The molecule has 0 N–H and O–H groups in total. The second kappa shape index (κ2) is 8.72. The van der Waals surface area contributed by atoms with Gasteiger partial charge in [0.2, 0.25) is 0 Å². The molecule has 2 atom stereocenters. The van der Waals surface area contributed by atoms with Gasteiger partial charge in [-0.15, -0.1) is 0 Å². The van der Waals surface area contributed by atoms with Crippen LogP contribution < -0.4 is 19.3 Å².